The van der Waals surface area contributed by atoms with E-state index in [4.69, 9.17) is 4.74 Å². The lowest BCUT2D eigenvalue weighted by Gasteiger charge is -2.33. The second-order valence-electron chi connectivity index (χ2n) is 7.59. The molecular weight excluding hydrogens is 385 g/mol. The van der Waals surface area contributed by atoms with Crippen LogP contribution >= 0.6 is 0 Å². The second-order valence-corrected chi connectivity index (χ2v) is 7.59. The highest BCUT2D eigenvalue weighted by atomic mass is 19.1. The molecule has 0 aliphatic carbocycles. The molecule has 0 saturated carbocycles. The predicted octanol–water partition coefficient (Wildman–Crippen LogP) is 2.54. The summed E-state index contributed by atoms with van der Waals surface area (Å²) in [6.45, 7) is 3.81. The van der Waals surface area contributed by atoms with Crippen LogP contribution in [0.15, 0.2) is 42.9 Å². The predicted molar refractivity (Wildman–Crippen MR) is 108 cm³/mol. The standard InChI is InChI=1S/C22H24FN5O2/c1-15-4-3-5-19(26-15)13-30-12-16-10-28(11-20-22(16)27(2)14-25-20)21(29)8-18-7-6-17(23)9-24-18/h3-7,9,14,16H,8,10-13H2,1-2H3. The normalized spacial score (nSPS) is 15.8. The van der Waals surface area contributed by atoms with Crippen molar-refractivity contribution in [3.63, 3.8) is 0 Å². The molecule has 4 heterocycles. The van der Waals surface area contributed by atoms with Crippen molar-refractivity contribution in [2.24, 2.45) is 7.05 Å². The van der Waals surface area contributed by atoms with Crippen LogP contribution in [0.1, 0.15) is 34.4 Å². The summed E-state index contributed by atoms with van der Waals surface area (Å²) in [6.07, 6.45) is 3.03. The zero-order valence-corrected chi connectivity index (χ0v) is 17.1. The molecule has 1 unspecified atom stereocenters. The van der Waals surface area contributed by atoms with E-state index in [1.54, 1.807) is 17.3 Å². The van der Waals surface area contributed by atoms with Gasteiger partial charge in [0.2, 0.25) is 5.91 Å². The molecule has 1 aliphatic rings. The summed E-state index contributed by atoms with van der Waals surface area (Å²) in [7, 11) is 1.96. The number of aromatic nitrogens is 4. The summed E-state index contributed by atoms with van der Waals surface area (Å²) in [6, 6.07) is 8.71. The van der Waals surface area contributed by atoms with Gasteiger partial charge in [-0.1, -0.05) is 6.07 Å². The van der Waals surface area contributed by atoms with Crippen LogP contribution in [0, 0.1) is 12.7 Å². The maximum Gasteiger partial charge on any atom is 0.228 e. The van der Waals surface area contributed by atoms with Gasteiger partial charge in [-0.05, 0) is 31.2 Å². The van der Waals surface area contributed by atoms with E-state index < -0.39 is 5.82 Å². The third-order valence-corrected chi connectivity index (χ3v) is 5.22. The first-order chi connectivity index (χ1) is 14.5. The Morgan fingerprint density at radius 2 is 2.10 bits per heavy atom. The molecule has 3 aromatic rings. The Hall–Kier alpha value is -3.13. The molecule has 3 aromatic heterocycles. The number of nitrogens with zero attached hydrogens (tertiary/aromatic N) is 5. The van der Waals surface area contributed by atoms with Gasteiger partial charge < -0.3 is 14.2 Å². The van der Waals surface area contributed by atoms with Crippen molar-refractivity contribution in [3.8, 4) is 0 Å². The first-order valence-corrected chi connectivity index (χ1v) is 9.88. The molecule has 7 nitrogen and oxygen atoms in total. The molecule has 0 N–H and O–H groups in total. The van der Waals surface area contributed by atoms with Gasteiger partial charge in [-0.15, -0.1) is 0 Å². The molecule has 4 rings (SSSR count). The maximum atomic E-state index is 13.1. The molecule has 0 bridgehead atoms. The van der Waals surface area contributed by atoms with E-state index in [9.17, 15) is 9.18 Å². The van der Waals surface area contributed by atoms with Gasteiger partial charge in [0.05, 0.1) is 50.1 Å². The smallest absolute Gasteiger partial charge is 0.228 e. The summed E-state index contributed by atoms with van der Waals surface area (Å²) in [5, 5.41) is 0. The summed E-state index contributed by atoms with van der Waals surface area (Å²) in [4.78, 5) is 27.6. The zero-order chi connectivity index (χ0) is 21.1. The minimum Gasteiger partial charge on any atom is -0.374 e. The van der Waals surface area contributed by atoms with Gasteiger partial charge in [-0.3, -0.25) is 14.8 Å². The highest BCUT2D eigenvalue weighted by molar-refractivity contribution is 5.78. The quantitative estimate of drug-likeness (QED) is 0.626. The number of carbonyl (C=O) groups is 1. The maximum absolute atomic E-state index is 13.1. The Kier molecular flexibility index (Phi) is 5.85. The summed E-state index contributed by atoms with van der Waals surface area (Å²) < 4.78 is 21.0. The van der Waals surface area contributed by atoms with Gasteiger partial charge in [0, 0.05) is 36.6 Å². The number of hydrogen-bond acceptors (Lipinski definition) is 5. The van der Waals surface area contributed by atoms with Crippen molar-refractivity contribution in [3.05, 3.63) is 77.1 Å². The molecule has 1 amide bonds. The number of ether oxygens (including phenoxy) is 1. The molecular formula is C22H24FN5O2. The second kappa shape index (κ2) is 8.71. The van der Waals surface area contributed by atoms with Crippen LogP contribution in [0.25, 0.3) is 0 Å². The highest BCUT2D eigenvalue weighted by Crippen LogP contribution is 2.28. The summed E-state index contributed by atoms with van der Waals surface area (Å²) in [5.41, 5.74) is 4.36. The van der Waals surface area contributed by atoms with E-state index in [-0.39, 0.29) is 18.2 Å². The average molecular weight is 409 g/mol. The molecule has 1 aliphatic heterocycles. The third kappa shape index (κ3) is 4.54. The lowest BCUT2D eigenvalue weighted by molar-refractivity contribution is -0.132. The molecule has 8 heteroatoms. The van der Waals surface area contributed by atoms with Gasteiger partial charge >= 0.3 is 0 Å². The van der Waals surface area contributed by atoms with Gasteiger partial charge in [0.1, 0.15) is 5.82 Å². The van der Waals surface area contributed by atoms with Gasteiger partial charge in [0.15, 0.2) is 0 Å². The molecule has 0 spiro atoms. The molecule has 1 atom stereocenters. The Bertz CT molecular complexity index is 1030. The highest BCUT2D eigenvalue weighted by Gasteiger charge is 2.31. The third-order valence-electron chi connectivity index (χ3n) is 5.22. The molecule has 0 radical (unpaired) electrons. The van der Waals surface area contributed by atoms with E-state index in [0.29, 0.717) is 32.0 Å². The van der Waals surface area contributed by atoms with Gasteiger partial charge in [-0.25, -0.2) is 9.37 Å². The molecule has 156 valence electrons. The number of imidazole rings is 1. The van der Waals surface area contributed by atoms with Crippen molar-refractivity contribution in [2.75, 3.05) is 13.2 Å². The van der Waals surface area contributed by atoms with Crippen LogP contribution in [0.3, 0.4) is 0 Å². The fourth-order valence-corrected chi connectivity index (χ4v) is 3.82. The average Bonchev–Trinajstić information content (AvgIpc) is 3.11. The minimum absolute atomic E-state index is 0.0104. The number of rotatable bonds is 6. The SMILES string of the molecule is Cc1cccc(COCC2CN(C(=O)Cc3ccc(F)cn3)Cc3ncn(C)c32)n1. The lowest BCUT2D eigenvalue weighted by Crippen LogP contribution is -2.41. The number of aryl methyl sites for hydroxylation is 2. The number of pyridine rings is 2. The van der Waals surface area contributed by atoms with Crippen molar-refractivity contribution in [1.29, 1.82) is 0 Å². The van der Waals surface area contributed by atoms with E-state index in [1.165, 1.54) is 6.07 Å². The van der Waals surface area contributed by atoms with Crippen LogP contribution in [-0.2, 0) is 36.2 Å². The number of fused-ring (bicyclic) bond motifs is 1. The van der Waals surface area contributed by atoms with Gasteiger partial charge in [-0.2, -0.15) is 0 Å². The van der Waals surface area contributed by atoms with Crippen LogP contribution < -0.4 is 0 Å². The van der Waals surface area contributed by atoms with E-state index in [2.05, 4.69) is 15.0 Å². The number of halogens is 1. The molecule has 0 saturated heterocycles. The first-order valence-electron chi connectivity index (χ1n) is 9.88. The topological polar surface area (TPSA) is 73.1 Å². The zero-order valence-electron chi connectivity index (χ0n) is 17.1. The van der Waals surface area contributed by atoms with Crippen LogP contribution in [-0.4, -0.2) is 43.5 Å². The van der Waals surface area contributed by atoms with E-state index in [1.807, 2.05) is 36.7 Å². The fourth-order valence-electron chi connectivity index (χ4n) is 3.82. The number of carbonyl (C=O) groups excluding carboxylic acids is 1. The monoisotopic (exact) mass is 409 g/mol. The van der Waals surface area contributed by atoms with Crippen molar-refractivity contribution in [1.82, 2.24) is 24.4 Å². The summed E-state index contributed by atoms with van der Waals surface area (Å²) >= 11 is 0. The fraction of sp³-hybridized carbons (Fsp3) is 0.364. The Morgan fingerprint density at radius 1 is 1.23 bits per heavy atom. The van der Waals surface area contributed by atoms with Crippen LogP contribution in [0.2, 0.25) is 0 Å². The largest absolute Gasteiger partial charge is 0.374 e. The molecule has 30 heavy (non-hydrogen) atoms. The Morgan fingerprint density at radius 3 is 2.87 bits per heavy atom. The summed E-state index contributed by atoms with van der Waals surface area (Å²) in [5.74, 6) is -0.463. The van der Waals surface area contributed by atoms with Crippen LogP contribution in [0.4, 0.5) is 4.39 Å². The van der Waals surface area contributed by atoms with Crippen LogP contribution in [0.5, 0.6) is 0 Å². The minimum atomic E-state index is -0.414. The number of amides is 1. The van der Waals surface area contributed by atoms with Crippen molar-refractivity contribution < 1.29 is 13.9 Å². The van der Waals surface area contributed by atoms with E-state index in [0.717, 1.165) is 29.0 Å². The Labute approximate surface area is 174 Å². The molecule has 0 aromatic carbocycles. The Balaban J connectivity index is 1.43. The number of hydrogen-bond donors (Lipinski definition) is 0. The van der Waals surface area contributed by atoms with E-state index >= 15 is 0 Å². The van der Waals surface area contributed by atoms with Crippen molar-refractivity contribution in [2.45, 2.75) is 32.4 Å². The molecule has 0 fully saturated rings. The van der Waals surface area contributed by atoms with Crippen molar-refractivity contribution >= 4 is 5.91 Å². The lowest BCUT2D eigenvalue weighted by atomic mass is 9.98. The first kappa shape index (κ1) is 20.2. The van der Waals surface area contributed by atoms with Gasteiger partial charge in [0.25, 0.3) is 0 Å².